The van der Waals surface area contributed by atoms with Crippen LogP contribution in [0.2, 0.25) is 0 Å². The number of phosphoric acid groups is 1. The van der Waals surface area contributed by atoms with E-state index >= 15 is 0 Å². The largest absolute Gasteiger partial charge is 0.530 e. The number of phosphoric ester groups is 1. The number of ether oxygens (including phenoxy) is 1. The highest BCUT2D eigenvalue weighted by atomic mass is 35.5. The van der Waals surface area contributed by atoms with Crippen LogP contribution in [0.1, 0.15) is 13.8 Å². The van der Waals surface area contributed by atoms with Gasteiger partial charge in [-0.3, -0.25) is 9.05 Å². The van der Waals surface area contributed by atoms with E-state index in [-0.39, 0.29) is 13.2 Å². The molecule has 0 heterocycles. The van der Waals surface area contributed by atoms with Crippen molar-refractivity contribution < 1.29 is 22.9 Å². The molecule has 0 radical (unpaired) electrons. The Labute approximate surface area is 118 Å². The topological polar surface area (TPSA) is 54.0 Å². The molecule has 0 saturated heterocycles. The third-order valence-corrected chi connectivity index (χ3v) is 3.69. The van der Waals surface area contributed by atoms with E-state index in [2.05, 4.69) is 0 Å². The van der Waals surface area contributed by atoms with E-state index < -0.39 is 7.82 Å². The highest BCUT2D eigenvalue weighted by molar-refractivity contribution is 7.48. The van der Waals surface area contributed by atoms with Gasteiger partial charge in [0.15, 0.2) is 11.5 Å². The Morgan fingerprint density at radius 1 is 1.11 bits per heavy atom. The van der Waals surface area contributed by atoms with Gasteiger partial charge in [-0.25, -0.2) is 4.57 Å². The molecule has 7 heteroatoms. The first-order chi connectivity index (χ1) is 9.15. The number of para-hydroxylation sites is 2. The van der Waals surface area contributed by atoms with Gasteiger partial charge in [0.25, 0.3) is 0 Å². The summed E-state index contributed by atoms with van der Waals surface area (Å²) in [5.74, 6) is 1.10. The molecule has 0 unspecified atom stereocenters. The minimum atomic E-state index is -3.61. The van der Waals surface area contributed by atoms with Crippen LogP contribution in [0.4, 0.5) is 0 Å². The number of hydrogen-bond donors (Lipinski definition) is 0. The molecule has 5 nitrogen and oxygen atoms in total. The molecule has 0 atom stereocenters. The van der Waals surface area contributed by atoms with Crippen molar-refractivity contribution in [3.05, 3.63) is 24.3 Å². The van der Waals surface area contributed by atoms with Gasteiger partial charge in [0, 0.05) is 0 Å². The third-order valence-electron chi connectivity index (χ3n) is 1.97. The minimum absolute atomic E-state index is 0.224. The molecule has 0 fully saturated rings. The number of alkyl halides is 1. The number of halogens is 1. The zero-order valence-corrected chi connectivity index (χ0v) is 12.7. The number of hydrogen-bond acceptors (Lipinski definition) is 5. The zero-order valence-electron chi connectivity index (χ0n) is 11.0. The Hall–Kier alpha value is -0.740. The molecular formula is C12H18ClO5P. The second-order valence-corrected chi connectivity index (χ2v) is 5.33. The van der Waals surface area contributed by atoms with Gasteiger partial charge >= 0.3 is 7.82 Å². The minimum Gasteiger partial charge on any atom is -0.488 e. The van der Waals surface area contributed by atoms with E-state index in [1.165, 1.54) is 0 Å². The Kier molecular flexibility index (Phi) is 7.24. The van der Waals surface area contributed by atoms with Crippen LogP contribution in [0.25, 0.3) is 0 Å². The summed E-state index contributed by atoms with van der Waals surface area (Å²) in [4.78, 5) is 0. The van der Waals surface area contributed by atoms with E-state index in [1.54, 1.807) is 38.1 Å². The molecule has 1 aromatic carbocycles. The fourth-order valence-electron chi connectivity index (χ4n) is 1.32. The first kappa shape index (κ1) is 16.3. The average Bonchev–Trinajstić information content (AvgIpc) is 2.38. The second-order valence-electron chi connectivity index (χ2n) is 3.36. The molecule has 1 rings (SSSR count). The molecular weight excluding hydrogens is 291 g/mol. The molecule has 0 bridgehead atoms. The maximum absolute atomic E-state index is 12.3. The highest BCUT2D eigenvalue weighted by Crippen LogP contribution is 2.51. The van der Waals surface area contributed by atoms with Crippen LogP contribution < -0.4 is 9.26 Å². The van der Waals surface area contributed by atoms with E-state index in [9.17, 15) is 4.57 Å². The molecule has 19 heavy (non-hydrogen) atoms. The quantitative estimate of drug-likeness (QED) is 0.512. The molecule has 108 valence electrons. The molecule has 0 spiro atoms. The summed E-state index contributed by atoms with van der Waals surface area (Å²) in [6, 6.07) is 6.85. The van der Waals surface area contributed by atoms with Crippen molar-refractivity contribution in [2.75, 3.05) is 25.7 Å². The summed E-state index contributed by atoms with van der Waals surface area (Å²) < 4.78 is 33.1. The van der Waals surface area contributed by atoms with Crippen LogP contribution in [-0.4, -0.2) is 25.7 Å². The molecule has 0 aliphatic heterocycles. The van der Waals surface area contributed by atoms with Crippen LogP contribution >= 0.6 is 19.4 Å². The Morgan fingerprint density at radius 2 is 1.68 bits per heavy atom. The Balaban J connectivity index is 2.86. The normalized spacial score (nSPS) is 11.3. The lowest BCUT2D eigenvalue weighted by atomic mass is 10.3. The van der Waals surface area contributed by atoms with Crippen LogP contribution in [0.5, 0.6) is 11.5 Å². The predicted molar refractivity (Wildman–Crippen MR) is 74.1 cm³/mol. The van der Waals surface area contributed by atoms with Gasteiger partial charge in [-0.05, 0) is 26.0 Å². The van der Waals surface area contributed by atoms with E-state index in [4.69, 9.17) is 29.9 Å². The van der Waals surface area contributed by atoms with Crippen molar-refractivity contribution in [3.8, 4) is 11.5 Å². The summed E-state index contributed by atoms with van der Waals surface area (Å²) in [6.45, 7) is 4.20. The summed E-state index contributed by atoms with van der Waals surface area (Å²) in [5.41, 5.74) is 0. The SMILES string of the molecule is CCOP(=O)(OCC)Oc1ccccc1OCCCl. The molecule has 0 aliphatic rings. The van der Waals surface area contributed by atoms with Gasteiger partial charge in [0.2, 0.25) is 0 Å². The fourth-order valence-corrected chi connectivity index (χ4v) is 2.60. The van der Waals surface area contributed by atoms with Crippen molar-refractivity contribution in [1.29, 1.82) is 0 Å². The van der Waals surface area contributed by atoms with Gasteiger partial charge in [-0.15, -0.1) is 11.6 Å². The maximum Gasteiger partial charge on any atom is 0.530 e. The predicted octanol–water partition coefficient (Wildman–Crippen LogP) is 3.86. The maximum atomic E-state index is 12.3. The van der Waals surface area contributed by atoms with Crippen molar-refractivity contribution in [2.45, 2.75) is 13.8 Å². The van der Waals surface area contributed by atoms with Gasteiger partial charge in [-0.2, -0.15) is 0 Å². The van der Waals surface area contributed by atoms with Gasteiger partial charge in [-0.1, -0.05) is 12.1 Å². The lowest BCUT2D eigenvalue weighted by molar-refractivity contribution is 0.165. The van der Waals surface area contributed by atoms with Crippen LogP contribution in [0.15, 0.2) is 24.3 Å². The first-order valence-corrected chi connectivity index (χ1v) is 8.01. The molecule has 0 saturated carbocycles. The summed E-state index contributed by atoms with van der Waals surface area (Å²) in [5, 5.41) is 0. The van der Waals surface area contributed by atoms with E-state index in [0.717, 1.165) is 0 Å². The first-order valence-electron chi connectivity index (χ1n) is 6.01. The smallest absolute Gasteiger partial charge is 0.488 e. The van der Waals surface area contributed by atoms with Crippen molar-refractivity contribution in [3.63, 3.8) is 0 Å². The van der Waals surface area contributed by atoms with Crippen molar-refractivity contribution in [1.82, 2.24) is 0 Å². The van der Waals surface area contributed by atoms with Crippen molar-refractivity contribution in [2.24, 2.45) is 0 Å². The number of benzene rings is 1. The van der Waals surface area contributed by atoms with Crippen LogP contribution in [0.3, 0.4) is 0 Å². The van der Waals surface area contributed by atoms with Crippen LogP contribution in [0, 0.1) is 0 Å². The molecule has 0 aliphatic carbocycles. The molecule has 0 N–H and O–H groups in total. The molecule has 1 aromatic rings. The number of rotatable bonds is 9. The summed E-state index contributed by atoms with van der Waals surface area (Å²) in [7, 11) is -3.61. The average molecular weight is 309 g/mol. The van der Waals surface area contributed by atoms with E-state index in [0.29, 0.717) is 24.0 Å². The van der Waals surface area contributed by atoms with Gasteiger partial charge < -0.3 is 9.26 Å². The van der Waals surface area contributed by atoms with Crippen molar-refractivity contribution >= 4 is 19.4 Å². The second kappa shape index (κ2) is 8.43. The third kappa shape index (κ3) is 5.41. The Morgan fingerprint density at radius 3 is 2.21 bits per heavy atom. The standard InChI is InChI=1S/C12H18ClO5P/c1-3-16-19(14,17-4-2)18-12-8-6-5-7-11(12)15-10-9-13/h5-8H,3-4,9-10H2,1-2H3. The lowest BCUT2D eigenvalue weighted by Crippen LogP contribution is -2.05. The lowest BCUT2D eigenvalue weighted by Gasteiger charge is -2.18. The summed E-state index contributed by atoms with van der Waals surface area (Å²) >= 11 is 5.57. The highest BCUT2D eigenvalue weighted by Gasteiger charge is 2.28. The Bertz CT molecular complexity index is 416. The fraction of sp³-hybridized carbons (Fsp3) is 0.500. The van der Waals surface area contributed by atoms with Gasteiger partial charge in [0.05, 0.1) is 19.1 Å². The van der Waals surface area contributed by atoms with E-state index in [1.807, 2.05) is 0 Å². The molecule has 0 amide bonds. The van der Waals surface area contributed by atoms with Gasteiger partial charge in [0.1, 0.15) is 6.61 Å². The zero-order chi connectivity index (χ0) is 14.1. The van der Waals surface area contributed by atoms with Crippen LogP contribution in [-0.2, 0) is 13.6 Å². The molecule has 0 aromatic heterocycles. The monoisotopic (exact) mass is 308 g/mol. The summed E-state index contributed by atoms with van der Waals surface area (Å²) in [6.07, 6.45) is 0.